The van der Waals surface area contributed by atoms with Crippen LogP contribution >= 0.6 is 0 Å². The van der Waals surface area contributed by atoms with Gasteiger partial charge in [0.2, 0.25) is 0 Å². The van der Waals surface area contributed by atoms with Crippen LogP contribution in [0.1, 0.15) is 33.1 Å². The Bertz CT molecular complexity index is 1050. The first-order valence-corrected chi connectivity index (χ1v) is 11.5. The average Bonchev–Trinajstić information content (AvgIpc) is 2.85. The first kappa shape index (κ1) is 22.6. The highest BCUT2D eigenvalue weighted by Crippen LogP contribution is 2.23. The van der Waals surface area contributed by atoms with Crippen LogP contribution in [0.3, 0.4) is 0 Å². The van der Waals surface area contributed by atoms with E-state index in [4.69, 9.17) is 9.47 Å². The van der Waals surface area contributed by atoms with Crippen LogP contribution in [0.4, 0.5) is 11.5 Å². The number of amides is 1. The average molecular weight is 447 g/mol. The number of nitrogens with one attached hydrogen (secondary N) is 1. The molecule has 1 amide bonds. The molecule has 7 heteroatoms. The molecule has 0 radical (unpaired) electrons. The molecule has 0 spiro atoms. The molecule has 1 aliphatic heterocycles. The number of carbonyl (C=O) groups excluding carboxylic acids is 1. The predicted octanol–water partition coefficient (Wildman–Crippen LogP) is 4.94. The number of benzene rings is 2. The van der Waals surface area contributed by atoms with Crippen molar-refractivity contribution in [2.75, 3.05) is 29.9 Å². The second kappa shape index (κ2) is 10.8. The van der Waals surface area contributed by atoms with Crippen LogP contribution in [-0.4, -0.2) is 41.9 Å². The minimum absolute atomic E-state index is 0.227. The van der Waals surface area contributed by atoms with Crippen molar-refractivity contribution in [3.05, 3.63) is 60.7 Å². The Balaban J connectivity index is 1.34. The molecule has 4 rings (SSSR count). The molecular formula is C26H30N4O3. The molecule has 7 nitrogen and oxygen atoms in total. The number of ether oxygens (including phenoxy) is 2. The molecule has 0 aliphatic carbocycles. The smallest absolute Gasteiger partial charge is 0.265 e. The van der Waals surface area contributed by atoms with Gasteiger partial charge in [0.05, 0.1) is 12.3 Å². The van der Waals surface area contributed by atoms with Crippen molar-refractivity contribution >= 4 is 17.4 Å². The summed E-state index contributed by atoms with van der Waals surface area (Å²) >= 11 is 0. The van der Waals surface area contributed by atoms with Crippen LogP contribution in [0.25, 0.3) is 11.3 Å². The summed E-state index contributed by atoms with van der Waals surface area (Å²) in [6.45, 7) is 6.30. The molecule has 1 aliphatic rings. The third-order valence-corrected chi connectivity index (χ3v) is 5.58. The Morgan fingerprint density at radius 1 is 1.00 bits per heavy atom. The highest BCUT2D eigenvalue weighted by Gasteiger charge is 2.16. The monoisotopic (exact) mass is 446 g/mol. The first-order chi connectivity index (χ1) is 16.1. The zero-order chi connectivity index (χ0) is 23.0. The van der Waals surface area contributed by atoms with Crippen LogP contribution in [-0.2, 0) is 4.79 Å². The van der Waals surface area contributed by atoms with Crippen molar-refractivity contribution in [1.29, 1.82) is 0 Å². The normalized spacial score (nSPS) is 14.4. The van der Waals surface area contributed by atoms with Gasteiger partial charge in [-0.2, -0.15) is 0 Å². The summed E-state index contributed by atoms with van der Waals surface area (Å²) in [6, 6.07) is 18.9. The van der Waals surface area contributed by atoms with Gasteiger partial charge in [0, 0.05) is 30.4 Å². The SMILES string of the molecule is CCOc1cccc(OC(C)C(=O)Nc2ccc(-c3ccc(N4CCCCC4)nn3)cc2)c1. The van der Waals surface area contributed by atoms with Crippen molar-refractivity contribution in [3.8, 4) is 22.8 Å². The third kappa shape index (κ3) is 6.00. The second-order valence-corrected chi connectivity index (χ2v) is 8.06. The van der Waals surface area contributed by atoms with Gasteiger partial charge in [-0.1, -0.05) is 18.2 Å². The number of hydrogen-bond donors (Lipinski definition) is 1. The maximum Gasteiger partial charge on any atom is 0.265 e. The lowest BCUT2D eigenvalue weighted by atomic mass is 10.1. The number of nitrogens with zero attached hydrogens (tertiary/aromatic N) is 3. The Morgan fingerprint density at radius 3 is 2.45 bits per heavy atom. The Kier molecular flexibility index (Phi) is 7.40. The van der Waals surface area contributed by atoms with Gasteiger partial charge in [-0.25, -0.2) is 0 Å². The summed E-state index contributed by atoms with van der Waals surface area (Å²) in [7, 11) is 0. The molecule has 1 aromatic heterocycles. The van der Waals surface area contributed by atoms with Gasteiger partial charge in [0.1, 0.15) is 11.5 Å². The van der Waals surface area contributed by atoms with E-state index in [1.807, 2.05) is 55.5 Å². The molecule has 1 N–H and O–H groups in total. The Labute approximate surface area is 194 Å². The van der Waals surface area contributed by atoms with Gasteiger partial charge in [0.25, 0.3) is 5.91 Å². The van der Waals surface area contributed by atoms with E-state index < -0.39 is 6.10 Å². The molecule has 2 heterocycles. The maximum absolute atomic E-state index is 12.6. The van der Waals surface area contributed by atoms with E-state index in [2.05, 4.69) is 20.4 Å². The quantitative estimate of drug-likeness (QED) is 0.528. The van der Waals surface area contributed by atoms with Gasteiger partial charge in [-0.15, -0.1) is 10.2 Å². The second-order valence-electron chi connectivity index (χ2n) is 8.06. The van der Waals surface area contributed by atoms with Crippen LogP contribution < -0.4 is 19.7 Å². The summed E-state index contributed by atoms with van der Waals surface area (Å²) in [6.07, 6.45) is 3.05. The lowest BCUT2D eigenvalue weighted by molar-refractivity contribution is -0.122. The van der Waals surface area contributed by atoms with E-state index in [0.29, 0.717) is 23.8 Å². The van der Waals surface area contributed by atoms with Gasteiger partial charge in [0.15, 0.2) is 11.9 Å². The maximum atomic E-state index is 12.6. The minimum atomic E-state index is -0.658. The Hall–Kier alpha value is -3.61. The summed E-state index contributed by atoms with van der Waals surface area (Å²) in [5.41, 5.74) is 2.45. The highest BCUT2D eigenvalue weighted by atomic mass is 16.5. The van der Waals surface area contributed by atoms with E-state index >= 15 is 0 Å². The summed E-state index contributed by atoms with van der Waals surface area (Å²) in [5, 5.41) is 11.7. The van der Waals surface area contributed by atoms with E-state index in [-0.39, 0.29) is 5.91 Å². The topological polar surface area (TPSA) is 76.6 Å². The van der Waals surface area contributed by atoms with Gasteiger partial charge in [-0.05, 0) is 69.5 Å². The van der Waals surface area contributed by atoms with E-state index in [0.717, 1.165) is 30.2 Å². The summed E-state index contributed by atoms with van der Waals surface area (Å²) in [4.78, 5) is 14.9. The van der Waals surface area contributed by atoms with E-state index in [9.17, 15) is 4.79 Å². The van der Waals surface area contributed by atoms with Crippen molar-refractivity contribution in [3.63, 3.8) is 0 Å². The number of anilines is 2. The predicted molar refractivity (Wildman–Crippen MR) is 130 cm³/mol. The molecule has 0 saturated carbocycles. The van der Waals surface area contributed by atoms with Crippen LogP contribution in [0.15, 0.2) is 60.7 Å². The molecule has 1 fully saturated rings. The van der Waals surface area contributed by atoms with Crippen LogP contribution in [0.5, 0.6) is 11.5 Å². The standard InChI is InChI=1S/C26H30N4O3/c1-3-32-22-8-7-9-23(18-22)33-19(2)26(31)27-21-12-10-20(11-13-21)24-14-15-25(29-28-24)30-16-5-4-6-17-30/h7-15,18-19H,3-6,16-17H2,1-2H3,(H,27,31). The lowest BCUT2D eigenvalue weighted by Gasteiger charge is -2.27. The van der Waals surface area contributed by atoms with Crippen molar-refractivity contribution in [2.24, 2.45) is 0 Å². The van der Waals surface area contributed by atoms with Crippen LogP contribution in [0, 0.1) is 0 Å². The van der Waals surface area contributed by atoms with Crippen molar-refractivity contribution in [1.82, 2.24) is 10.2 Å². The number of rotatable bonds is 8. The minimum Gasteiger partial charge on any atom is -0.494 e. The molecule has 2 aromatic carbocycles. The van der Waals surface area contributed by atoms with E-state index in [1.165, 1.54) is 19.3 Å². The molecular weight excluding hydrogens is 416 g/mol. The fraction of sp³-hybridized carbons (Fsp3) is 0.346. The van der Waals surface area contributed by atoms with Gasteiger partial charge < -0.3 is 19.7 Å². The first-order valence-electron chi connectivity index (χ1n) is 11.5. The van der Waals surface area contributed by atoms with E-state index in [1.54, 1.807) is 19.1 Å². The molecule has 1 atom stereocenters. The number of piperidine rings is 1. The molecule has 172 valence electrons. The van der Waals surface area contributed by atoms with Gasteiger partial charge in [-0.3, -0.25) is 4.79 Å². The number of aromatic nitrogens is 2. The lowest BCUT2D eigenvalue weighted by Crippen LogP contribution is -2.30. The zero-order valence-electron chi connectivity index (χ0n) is 19.2. The number of hydrogen-bond acceptors (Lipinski definition) is 6. The summed E-state index contributed by atoms with van der Waals surface area (Å²) < 4.78 is 11.3. The van der Waals surface area contributed by atoms with Crippen molar-refractivity contribution in [2.45, 2.75) is 39.2 Å². The highest BCUT2D eigenvalue weighted by molar-refractivity contribution is 5.94. The van der Waals surface area contributed by atoms with Gasteiger partial charge >= 0.3 is 0 Å². The fourth-order valence-electron chi connectivity index (χ4n) is 3.80. The van der Waals surface area contributed by atoms with Crippen molar-refractivity contribution < 1.29 is 14.3 Å². The third-order valence-electron chi connectivity index (χ3n) is 5.58. The molecule has 33 heavy (non-hydrogen) atoms. The zero-order valence-corrected chi connectivity index (χ0v) is 19.2. The molecule has 3 aromatic rings. The summed E-state index contributed by atoms with van der Waals surface area (Å²) in [5.74, 6) is 2.01. The molecule has 1 saturated heterocycles. The Morgan fingerprint density at radius 2 is 1.76 bits per heavy atom. The molecule has 1 unspecified atom stereocenters. The largest absolute Gasteiger partial charge is 0.494 e. The number of carbonyl (C=O) groups is 1. The van der Waals surface area contributed by atoms with Crippen LogP contribution in [0.2, 0.25) is 0 Å². The molecule has 0 bridgehead atoms. The fourth-order valence-corrected chi connectivity index (χ4v) is 3.80.